The van der Waals surface area contributed by atoms with E-state index in [9.17, 15) is 9.59 Å². The Labute approximate surface area is 188 Å². The lowest BCUT2D eigenvalue weighted by molar-refractivity contribution is -0.183. The average Bonchev–Trinajstić information content (AvgIpc) is 3.02. The Morgan fingerprint density at radius 1 is 1.00 bits per heavy atom. The van der Waals surface area contributed by atoms with Crippen LogP contribution in [0.2, 0.25) is 0 Å². The normalized spacial score (nSPS) is 43.8. The largest absolute Gasteiger partial charge is 0.465 e. The van der Waals surface area contributed by atoms with Gasteiger partial charge in [0.15, 0.2) is 0 Å². The Hall–Kier alpha value is -1.32. The standard InChI is InChI=1S/C27H42O4/c1-6-23(28)30-17-27-18(3)9-8-10-19(27)11-12-20-21-14-16-26(5,31-24(29)7-2)25(21,4)15-13-22(20)27/h10,18,20-22H,6-9,11-17H2,1-5H3/t18-,20-,21-,22-,25-,26-,27-/m0/s1. The van der Waals surface area contributed by atoms with Crippen LogP contribution in [0.4, 0.5) is 0 Å². The third-order valence-corrected chi connectivity index (χ3v) is 10.2. The van der Waals surface area contributed by atoms with Crippen molar-refractivity contribution in [2.45, 2.75) is 104 Å². The summed E-state index contributed by atoms with van der Waals surface area (Å²) >= 11 is 0. The predicted octanol–water partition coefficient (Wildman–Crippen LogP) is 6.23. The van der Waals surface area contributed by atoms with Crippen molar-refractivity contribution in [1.29, 1.82) is 0 Å². The van der Waals surface area contributed by atoms with E-state index in [-0.39, 0.29) is 28.4 Å². The molecule has 0 heterocycles. The van der Waals surface area contributed by atoms with Crippen LogP contribution in [0.5, 0.6) is 0 Å². The molecule has 0 aromatic carbocycles. The highest BCUT2D eigenvalue weighted by molar-refractivity contribution is 5.69. The van der Waals surface area contributed by atoms with Crippen LogP contribution in [0.3, 0.4) is 0 Å². The molecule has 4 heteroatoms. The molecule has 0 radical (unpaired) electrons. The van der Waals surface area contributed by atoms with Gasteiger partial charge in [-0.3, -0.25) is 9.59 Å². The van der Waals surface area contributed by atoms with Crippen molar-refractivity contribution < 1.29 is 19.1 Å². The van der Waals surface area contributed by atoms with E-state index >= 15 is 0 Å². The van der Waals surface area contributed by atoms with Crippen molar-refractivity contribution >= 4 is 11.9 Å². The monoisotopic (exact) mass is 430 g/mol. The minimum absolute atomic E-state index is 0.00636. The summed E-state index contributed by atoms with van der Waals surface area (Å²) in [7, 11) is 0. The first-order chi connectivity index (χ1) is 14.7. The highest BCUT2D eigenvalue weighted by Gasteiger charge is 2.65. The number of esters is 2. The average molecular weight is 431 g/mol. The van der Waals surface area contributed by atoms with E-state index < -0.39 is 0 Å². The lowest BCUT2D eigenvalue weighted by Gasteiger charge is -2.61. The van der Waals surface area contributed by atoms with Crippen molar-refractivity contribution in [2.75, 3.05) is 6.61 Å². The minimum Gasteiger partial charge on any atom is -0.465 e. The number of carbonyl (C=O) groups is 2. The Morgan fingerprint density at radius 2 is 1.71 bits per heavy atom. The Bertz CT molecular complexity index is 756. The third-order valence-electron chi connectivity index (χ3n) is 10.2. The van der Waals surface area contributed by atoms with Crippen LogP contribution in [0.15, 0.2) is 11.6 Å². The van der Waals surface area contributed by atoms with E-state index in [1.54, 1.807) is 5.57 Å². The van der Waals surface area contributed by atoms with E-state index in [0.717, 1.165) is 38.5 Å². The van der Waals surface area contributed by atoms with Gasteiger partial charge < -0.3 is 9.47 Å². The molecule has 3 fully saturated rings. The zero-order valence-corrected chi connectivity index (χ0v) is 20.3. The quantitative estimate of drug-likeness (QED) is 0.383. The molecule has 4 aliphatic carbocycles. The molecule has 4 aliphatic rings. The van der Waals surface area contributed by atoms with Gasteiger partial charge in [-0.2, -0.15) is 0 Å². The van der Waals surface area contributed by atoms with Crippen LogP contribution >= 0.6 is 0 Å². The SMILES string of the molecule is CCC(=O)OC[C@@]12C(=CCC[C@@H]1C)CC[C@@H]1[C@@H]2CC[C@@]2(C)[C@H]1CC[C@]2(C)OC(=O)CC. The zero-order valence-electron chi connectivity index (χ0n) is 20.3. The second-order valence-corrected chi connectivity index (χ2v) is 11.2. The number of allylic oxidation sites excluding steroid dienone is 1. The third kappa shape index (κ3) is 3.38. The number of fused-ring (bicyclic) bond motifs is 5. The summed E-state index contributed by atoms with van der Waals surface area (Å²) in [4.78, 5) is 24.4. The Kier molecular flexibility index (Phi) is 6.07. The molecule has 0 unspecified atom stereocenters. The number of hydrogen-bond acceptors (Lipinski definition) is 4. The van der Waals surface area contributed by atoms with E-state index in [1.165, 1.54) is 12.8 Å². The molecular weight excluding hydrogens is 388 g/mol. The van der Waals surface area contributed by atoms with Gasteiger partial charge in [-0.1, -0.05) is 39.3 Å². The van der Waals surface area contributed by atoms with E-state index in [1.807, 2.05) is 13.8 Å². The van der Waals surface area contributed by atoms with Crippen molar-refractivity contribution in [3.05, 3.63) is 11.6 Å². The number of ether oxygens (including phenoxy) is 2. The highest BCUT2D eigenvalue weighted by atomic mass is 16.6. The molecule has 4 rings (SSSR count). The van der Waals surface area contributed by atoms with Gasteiger partial charge in [-0.15, -0.1) is 0 Å². The molecule has 0 amide bonds. The van der Waals surface area contributed by atoms with Gasteiger partial charge >= 0.3 is 11.9 Å². The second kappa shape index (κ2) is 8.23. The van der Waals surface area contributed by atoms with Crippen molar-refractivity contribution in [2.24, 2.45) is 34.5 Å². The molecule has 174 valence electrons. The molecule has 0 aliphatic heterocycles. The van der Waals surface area contributed by atoms with Crippen LogP contribution in [0.25, 0.3) is 0 Å². The maximum Gasteiger partial charge on any atom is 0.306 e. The molecule has 0 saturated heterocycles. The topological polar surface area (TPSA) is 52.6 Å². The van der Waals surface area contributed by atoms with Gasteiger partial charge in [0.2, 0.25) is 0 Å². The number of hydrogen-bond donors (Lipinski definition) is 0. The fourth-order valence-corrected chi connectivity index (χ4v) is 8.22. The van der Waals surface area contributed by atoms with Gasteiger partial charge in [-0.05, 0) is 82.0 Å². The van der Waals surface area contributed by atoms with Crippen LogP contribution < -0.4 is 0 Å². The van der Waals surface area contributed by atoms with Crippen molar-refractivity contribution in [3.63, 3.8) is 0 Å². The molecule has 0 spiro atoms. The van der Waals surface area contributed by atoms with Gasteiger partial charge in [0.25, 0.3) is 0 Å². The van der Waals surface area contributed by atoms with Gasteiger partial charge in [0.1, 0.15) is 12.2 Å². The fourth-order valence-electron chi connectivity index (χ4n) is 8.22. The van der Waals surface area contributed by atoms with E-state index in [2.05, 4.69) is 26.8 Å². The summed E-state index contributed by atoms with van der Waals surface area (Å²) in [6.45, 7) is 11.3. The van der Waals surface area contributed by atoms with Crippen LogP contribution in [0, 0.1) is 34.5 Å². The number of carbonyl (C=O) groups excluding carboxylic acids is 2. The lowest BCUT2D eigenvalue weighted by Crippen LogP contribution is -2.58. The molecule has 4 nitrogen and oxygen atoms in total. The van der Waals surface area contributed by atoms with E-state index in [0.29, 0.717) is 43.1 Å². The van der Waals surface area contributed by atoms with Crippen LogP contribution in [-0.2, 0) is 19.1 Å². The summed E-state index contributed by atoms with van der Waals surface area (Å²) in [6.07, 6.45) is 12.4. The highest BCUT2D eigenvalue weighted by Crippen LogP contribution is 2.69. The lowest BCUT2D eigenvalue weighted by atomic mass is 9.44. The predicted molar refractivity (Wildman–Crippen MR) is 121 cm³/mol. The summed E-state index contributed by atoms with van der Waals surface area (Å²) < 4.78 is 12.0. The molecule has 7 atom stereocenters. The molecular formula is C27H42O4. The Balaban J connectivity index is 1.66. The molecule has 0 N–H and O–H groups in total. The Morgan fingerprint density at radius 3 is 2.42 bits per heavy atom. The first-order valence-electron chi connectivity index (χ1n) is 12.8. The first kappa shape index (κ1) is 22.9. The van der Waals surface area contributed by atoms with Gasteiger partial charge in [0, 0.05) is 23.7 Å². The minimum atomic E-state index is -0.355. The summed E-state index contributed by atoms with van der Waals surface area (Å²) in [5.41, 5.74) is 1.26. The maximum atomic E-state index is 12.3. The first-order valence-corrected chi connectivity index (χ1v) is 12.8. The summed E-state index contributed by atoms with van der Waals surface area (Å²) in [6, 6.07) is 0. The fraction of sp³-hybridized carbons (Fsp3) is 0.852. The van der Waals surface area contributed by atoms with Crippen LogP contribution in [0.1, 0.15) is 98.8 Å². The summed E-state index contributed by atoms with van der Waals surface area (Å²) in [5.74, 6) is 2.17. The second-order valence-electron chi connectivity index (χ2n) is 11.2. The van der Waals surface area contributed by atoms with E-state index in [4.69, 9.17) is 9.47 Å². The van der Waals surface area contributed by atoms with Crippen molar-refractivity contribution in [3.8, 4) is 0 Å². The van der Waals surface area contributed by atoms with Gasteiger partial charge in [-0.25, -0.2) is 0 Å². The van der Waals surface area contributed by atoms with Gasteiger partial charge in [0.05, 0.1) is 0 Å². The smallest absolute Gasteiger partial charge is 0.306 e. The zero-order chi connectivity index (χ0) is 22.4. The van der Waals surface area contributed by atoms with Crippen LogP contribution in [-0.4, -0.2) is 24.1 Å². The number of rotatable bonds is 5. The molecule has 31 heavy (non-hydrogen) atoms. The van der Waals surface area contributed by atoms with Crippen molar-refractivity contribution in [1.82, 2.24) is 0 Å². The molecule has 0 aromatic rings. The molecule has 3 saturated carbocycles. The molecule has 0 aromatic heterocycles. The summed E-state index contributed by atoms with van der Waals surface area (Å²) in [5, 5.41) is 0. The molecule has 0 bridgehead atoms. The maximum absolute atomic E-state index is 12.3.